The summed E-state index contributed by atoms with van der Waals surface area (Å²) in [6.07, 6.45) is 0. The molecular formula is C22H8N4S4. The fourth-order valence-corrected chi connectivity index (χ4v) is 6.61. The molecule has 4 rings (SSSR count). The van der Waals surface area contributed by atoms with Crippen LogP contribution in [0.5, 0.6) is 0 Å². The van der Waals surface area contributed by atoms with Crippen LogP contribution in [-0.4, -0.2) is 0 Å². The normalized spacial score (nSPS) is 12.3. The highest BCUT2D eigenvalue weighted by molar-refractivity contribution is 7.12. The first-order chi connectivity index (χ1) is 14.7. The van der Waals surface area contributed by atoms with E-state index in [4.69, 9.17) is 6.57 Å². The van der Waals surface area contributed by atoms with Crippen LogP contribution in [0.2, 0.25) is 0 Å². The van der Waals surface area contributed by atoms with Crippen LogP contribution in [0.25, 0.3) is 38.4 Å². The summed E-state index contributed by atoms with van der Waals surface area (Å²) in [5.74, 6) is 0. The minimum atomic E-state index is 0.0536. The maximum Gasteiger partial charge on any atom is 0.278 e. The molecule has 0 aliphatic rings. The largest absolute Gasteiger partial charge is 0.278 e. The topological polar surface area (TPSA) is 75.7 Å². The molecule has 4 heterocycles. The Kier molecular flexibility index (Phi) is 5.59. The first-order valence-electron chi connectivity index (χ1n) is 8.35. The molecule has 0 unspecified atom stereocenters. The molecule has 0 aromatic carbocycles. The maximum absolute atomic E-state index is 9.36. The summed E-state index contributed by atoms with van der Waals surface area (Å²) in [4.78, 5) is 3.37. The van der Waals surface area contributed by atoms with Crippen molar-refractivity contribution in [1.82, 2.24) is 0 Å². The average Bonchev–Trinajstić information content (AvgIpc) is 3.55. The molecule has 0 aliphatic heterocycles. The highest BCUT2D eigenvalue weighted by Crippen LogP contribution is 2.31. The van der Waals surface area contributed by atoms with Gasteiger partial charge in [-0.1, -0.05) is 0 Å². The Labute approximate surface area is 187 Å². The van der Waals surface area contributed by atoms with Gasteiger partial charge in [0.05, 0.1) is 26.2 Å². The van der Waals surface area contributed by atoms with Crippen molar-refractivity contribution < 1.29 is 0 Å². The number of hydrogen-bond acceptors (Lipinski definition) is 7. The molecule has 0 saturated carbocycles. The molecule has 0 saturated heterocycles. The van der Waals surface area contributed by atoms with Gasteiger partial charge in [-0.05, 0) is 56.9 Å². The van der Waals surface area contributed by atoms with Crippen LogP contribution >= 0.6 is 45.3 Å². The first kappa shape index (κ1) is 19.8. The van der Waals surface area contributed by atoms with E-state index < -0.39 is 0 Å². The van der Waals surface area contributed by atoms with Gasteiger partial charge in [0, 0.05) is 15.7 Å². The molecule has 4 aromatic heterocycles. The highest BCUT2D eigenvalue weighted by Gasteiger charge is 2.12. The average molecular weight is 457 g/mol. The fourth-order valence-electron chi connectivity index (χ4n) is 2.89. The van der Waals surface area contributed by atoms with Crippen LogP contribution in [0.1, 0.15) is 0 Å². The van der Waals surface area contributed by atoms with Crippen LogP contribution in [0.4, 0.5) is 0 Å². The third-order valence-corrected chi connectivity index (χ3v) is 8.08. The van der Waals surface area contributed by atoms with Crippen LogP contribution in [0, 0.1) is 49.6 Å². The van der Waals surface area contributed by atoms with Gasteiger partial charge in [-0.15, -0.1) is 22.7 Å². The van der Waals surface area contributed by atoms with E-state index in [2.05, 4.69) is 4.85 Å². The second kappa shape index (κ2) is 8.47. The van der Waals surface area contributed by atoms with Gasteiger partial charge < -0.3 is 0 Å². The van der Waals surface area contributed by atoms with Crippen molar-refractivity contribution in [1.29, 1.82) is 15.8 Å². The van der Waals surface area contributed by atoms with E-state index >= 15 is 0 Å². The number of hydrogen-bond donors (Lipinski definition) is 0. The minimum Gasteiger partial charge on any atom is -0.225 e. The van der Waals surface area contributed by atoms with E-state index in [9.17, 15) is 15.8 Å². The van der Waals surface area contributed by atoms with Crippen molar-refractivity contribution in [2.45, 2.75) is 0 Å². The van der Waals surface area contributed by atoms with Gasteiger partial charge in [-0.3, -0.25) is 0 Å². The number of nitrogens with zero attached hydrogens (tertiary/aromatic N) is 4. The lowest BCUT2D eigenvalue weighted by Gasteiger charge is -1.94. The molecule has 30 heavy (non-hydrogen) atoms. The van der Waals surface area contributed by atoms with Gasteiger partial charge in [-0.25, -0.2) is 10.1 Å². The molecule has 0 atom stereocenters. The van der Waals surface area contributed by atoms with E-state index in [-0.39, 0.29) is 11.3 Å². The van der Waals surface area contributed by atoms with Crippen molar-refractivity contribution >= 4 is 56.6 Å². The third kappa shape index (κ3) is 3.46. The lowest BCUT2D eigenvalue weighted by molar-refractivity contribution is 1.51. The Morgan fingerprint density at radius 2 is 1.33 bits per heavy atom. The van der Waals surface area contributed by atoms with Gasteiger partial charge in [0.15, 0.2) is 0 Å². The van der Waals surface area contributed by atoms with Crippen molar-refractivity contribution in [2.24, 2.45) is 0 Å². The summed E-state index contributed by atoms with van der Waals surface area (Å²) in [5.41, 5.74) is 4.02. The van der Waals surface area contributed by atoms with Crippen molar-refractivity contribution in [3.63, 3.8) is 0 Å². The minimum absolute atomic E-state index is 0.0536. The summed E-state index contributed by atoms with van der Waals surface area (Å²) >= 11 is 5.92. The summed E-state index contributed by atoms with van der Waals surface area (Å²) in [7, 11) is 0. The zero-order valence-corrected chi connectivity index (χ0v) is 18.3. The zero-order chi connectivity index (χ0) is 21.1. The van der Waals surface area contributed by atoms with Gasteiger partial charge in [0.1, 0.15) is 17.7 Å². The Hall–Kier alpha value is -3.50. The molecule has 0 N–H and O–H groups in total. The van der Waals surface area contributed by atoms with Crippen LogP contribution in [0.3, 0.4) is 0 Å². The standard InChI is InChI=1S/C22H8N4S4/c1-26-18(10-25)20-7-17(14-3-5-28-12-14)22(30-20)21-16(13-2-4-27-11-13)6-19(29-21)15(8-23)9-24/h2-7,11-12H/b20-18+,22-21+. The Morgan fingerprint density at radius 3 is 1.77 bits per heavy atom. The van der Waals surface area contributed by atoms with Crippen LogP contribution < -0.4 is 9.06 Å². The summed E-state index contributed by atoms with van der Waals surface area (Å²) in [5, 5.41) is 36.1. The summed E-state index contributed by atoms with van der Waals surface area (Å²) in [6, 6.07) is 13.7. The van der Waals surface area contributed by atoms with Gasteiger partial charge >= 0.3 is 0 Å². The van der Waals surface area contributed by atoms with Crippen LogP contribution in [-0.2, 0) is 0 Å². The zero-order valence-electron chi connectivity index (χ0n) is 15.0. The monoisotopic (exact) mass is 456 g/mol. The van der Waals surface area contributed by atoms with Gasteiger partial charge in [0.2, 0.25) is 0 Å². The molecule has 4 aromatic rings. The molecule has 0 aliphatic carbocycles. The highest BCUT2D eigenvalue weighted by atomic mass is 32.1. The Morgan fingerprint density at radius 1 is 0.800 bits per heavy atom. The fraction of sp³-hybridized carbons (Fsp3) is 0. The lowest BCUT2D eigenvalue weighted by atomic mass is 10.1. The third-order valence-electron chi connectivity index (χ3n) is 4.26. The lowest BCUT2D eigenvalue weighted by Crippen LogP contribution is -1.94. The summed E-state index contributed by atoms with van der Waals surface area (Å²) < 4.78 is 3.07. The number of rotatable bonds is 2. The first-order valence-corrected chi connectivity index (χ1v) is 11.9. The van der Waals surface area contributed by atoms with E-state index in [0.717, 1.165) is 31.3 Å². The van der Waals surface area contributed by atoms with E-state index in [1.165, 1.54) is 22.7 Å². The molecule has 0 radical (unpaired) electrons. The number of thiophene rings is 4. The molecule has 4 nitrogen and oxygen atoms in total. The number of nitriles is 3. The van der Waals surface area contributed by atoms with E-state index in [1.807, 2.05) is 64.0 Å². The predicted octanol–water partition coefficient (Wildman–Crippen LogP) is 5.30. The van der Waals surface area contributed by atoms with Gasteiger partial charge in [0.25, 0.3) is 5.70 Å². The van der Waals surface area contributed by atoms with Crippen molar-refractivity contribution in [3.05, 3.63) is 75.3 Å². The predicted molar refractivity (Wildman–Crippen MR) is 122 cm³/mol. The Bertz CT molecular complexity index is 1470. The second-order valence-corrected chi connectivity index (χ2v) is 9.57. The molecular weight excluding hydrogens is 449 g/mol. The molecule has 0 amide bonds. The van der Waals surface area contributed by atoms with Crippen molar-refractivity contribution in [2.75, 3.05) is 0 Å². The SMILES string of the molecule is [C-]#[N+]/C(C#N)=c1\cc(-c2ccsc2)/c(=c2\sc(=C(C#N)C#N)cc2-c2ccsc2)s1. The van der Waals surface area contributed by atoms with E-state index in [0.29, 0.717) is 9.06 Å². The molecule has 0 fully saturated rings. The second-order valence-electron chi connectivity index (χ2n) is 5.90. The smallest absolute Gasteiger partial charge is 0.225 e. The van der Waals surface area contributed by atoms with Crippen LogP contribution in [0.15, 0.2) is 45.8 Å². The quantitative estimate of drug-likeness (QED) is 0.384. The maximum atomic E-state index is 9.36. The molecule has 0 bridgehead atoms. The molecule has 140 valence electrons. The van der Waals surface area contributed by atoms with Gasteiger partial charge in [-0.2, -0.15) is 33.2 Å². The van der Waals surface area contributed by atoms with Crippen molar-refractivity contribution in [3.8, 4) is 40.5 Å². The van der Waals surface area contributed by atoms with E-state index in [1.54, 1.807) is 22.7 Å². The molecule has 0 spiro atoms. The Balaban J connectivity index is 2.30. The molecule has 8 heteroatoms. The summed E-state index contributed by atoms with van der Waals surface area (Å²) in [6.45, 7) is 7.33.